The van der Waals surface area contributed by atoms with Gasteiger partial charge < -0.3 is 4.74 Å². The molecule has 1 aliphatic heterocycles. The third-order valence-electron chi connectivity index (χ3n) is 5.39. The van der Waals surface area contributed by atoms with Crippen LogP contribution in [0.1, 0.15) is 55.6 Å². The van der Waals surface area contributed by atoms with Gasteiger partial charge in [0, 0.05) is 11.6 Å². The van der Waals surface area contributed by atoms with Crippen molar-refractivity contribution >= 4 is 9.84 Å². The summed E-state index contributed by atoms with van der Waals surface area (Å²) in [6.45, 7) is 1.92. The van der Waals surface area contributed by atoms with E-state index in [9.17, 15) is 8.42 Å². The first-order valence-corrected chi connectivity index (χ1v) is 11.0. The van der Waals surface area contributed by atoms with Crippen molar-refractivity contribution in [2.24, 2.45) is 0 Å². The van der Waals surface area contributed by atoms with Crippen LogP contribution in [0.2, 0.25) is 0 Å². The van der Waals surface area contributed by atoms with E-state index in [1.54, 1.807) is 13.3 Å². The van der Waals surface area contributed by atoms with Crippen LogP contribution in [0.3, 0.4) is 0 Å². The van der Waals surface area contributed by atoms with Gasteiger partial charge in [-0.05, 0) is 32.3 Å². The second-order valence-corrected chi connectivity index (χ2v) is 9.53. The molecule has 0 bridgehead atoms. The van der Waals surface area contributed by atoms with Gasteiger partial charge in [0.2, 0.25) is 0 Å². The Morgan fingerprint density at radius 3 is 2.65 bits per heavy atom. The number of aromatic nitrogens is 4. The Morgan fingerprint density at radius 2 is 2.00 bits per heavy atom. The molecule has 1 saturated carbocycles. The number of methoxy groups -OCH3 is 1. The molecule has 3 heterocycles. The number of ether oxygens (including phenoxy) is 1. The molecule has 2 aromatic heterocycles. The van der Waals surface area contributed by atoms with Crippen molar-refractivity contribution < 1.29 is 13.2 Å². The molecule has 140 valence electrons. The van der Waals surface area contributed by atoms with Crippen molar-refractivity contribution in [3.63, 3.8) is 0 Å². The zero-order valence-corrected chi connectivity index (χ0v) is 16.0. The molecule has 4 rings (SSSR count). The molecular formula is C18H24N4O3S. The van der Waals surface area contributed by atoms with Gasteiger partial charge in [0.05, 0.1) is 36.4 Å². The predicted octanol–water partition coefficient (Wildman–Crippen LogP) is 2.67. The molecule has 0 radical (unpaired) electrons. The number of nitrogens with zero attached hydrogens (tertiary/aromatic N) is 4. The first-order valence-electron chi connectivity index (χ1n) is 9.15. The van der Waals surface area contributed by atoms with Crippen LogP contribution < -0.4 is 4.74 Å². The number of rotatable bonds is 4. The van der Waals surface area contributed by atoms with Crippen LogP contribution in [0.5, 0.6) is 5.75 Å². The van der Waals surface area contributed by atoms with Crippen LogP contribution in [0.4, 0.5) is 0 Å². The summed E-state index contributed by atoms with van der Waals surface area (Å²) in [6.07, 6.45) is 6.85. The summed E-state index contributed by atoms with van der Waals surface area (Å²) in [5.41, 5.74) is 1.68. The minimum Gasteiger partial charge on any atom is -0.494 e. The molecule has 0 amide bonds. The maximum Gasteiger partial charge on any atom is 0.162 e. The van der Waals surface area contributed by atoms with Crippen molar-refractivity contribution in [2.75, 3.05) is 18.6 Å². The number of sulfone groups is 1. The van der Waals surface area contributed by atoms with Crippen LogP contribution in [0.25, 0.3) is 11.4 Å². The highest BCUT2D eigenvalue weighted by atomic mass is 32.2. The van der Waals surface area contributed by atoms with E-state index < -0.39 is 9.84 Å². The number of pyridine rings is 1. The lowest BCUT2D eigenvalue weighted by atomic mass is 10.1. The van der Waals surface area contributed by atoms with Crippen molar-refractivity contribution in [2.45, 2.75) is 51.0 Å². The van der Waals surface area contributed by atoms with Crippen LogP contribution in [0.15, 0.2) is 12.3 Å². The topological polar surface area (TPSA) is 87.0 Å². The SMILES string of the molecule is COc1cnc(C)cc1-c1nc(C2CCCC2)nn1C1CCS(=O)(=O)C1. The fourth-order valence-electron chi connectivity index (χ4n) is 3.99. The van der Waals surface area contributed by atoms with Gasteiger partial charge >= 0.3 is 0 Å². The van der Waals surface area contributed by atoms with Crippen LogP contribution in [-0.2, 0) is 9.84 Å². The molecule has 8 heteroatoms. The molecule has 7 nitrogen and oxygen atoms in total. The first kappa shape index (κ1) is 17.5. The van der Waals surface area contributed by atoms with Crippen molar-refractivity contribution in [3.05, 3.63) is 23.8 Å². The molecule has 1 unspecified atom stereocenters. The smallest absolute Gasteiger partial charge is 0.162 e. The Hall–Kier alpha value is -1.96. The van der Waals surface area contributed by atoms with Crippen LogP contribution in [0, 0.1) is 6.92 Å². The summed E-state index contributed by atoms with van der Waals surface area (Å²) in [4.78, 5) is 9.15. The summed E-state index contributed by atoms with van der Waals surface area (Å²) < 4.78 is 31.3. The zero-order valence-electron chi connectivity index (χ0n) is 15.2. The van der Waals surface area contributed by atoms with E-state index in [0.717, 1.165) is 29.9 Å². The van der Waals surface area contributed by atoms with Crippen LogP contribution in [-0.4, -0.2) is 46.8 Å². The van der Waals surface area contributed by atoms with Gasteiger partial charge in [-0.2, -0.15) is 5.10 Å². The Labute approximate surface area is 153 Å². The molecule has 2 fully saturated rings. The number of hydrogen-bond acceptors (Lipinski definition) is 6. The van der Waals surface area contributed by atoms with Gasteiger partial charge in [0.25, 0.3) is 0 Å². The largest absolute Gasteiger partial charge is 0.494 e. The highest BCUT2D eigenvalue weighted by Gasteiger charge is 2.34. The minimum atomic E-state index is -3.01. The molecule has 0 spiro atoms. The Kier molecular flexibility index (Phi) is 4.46. The normalized spacial score (nSPS) is 22.8. The van der Waals surface area contributed by atoms with E-state index in [4.69, 9.17) is 14.8 Å². The maximum absolute atomic E-state index is 12.0. The van der Waals surface area contributed by atoms with E-state index in [-0.39, 0.29) is 17.5 Å². The number of hydrogen-bond donors (Lipinski definition) is 0. The third kappa shape index (κ3) is 3.22. The molecule has 1 atom stereocenters. The monoisotopic (exact) mass is 376 g/mol. The summed E-state index contributed by atoms with van der Waals surface area (Å²) >= 11 is 0. The standard InChI is InChI=1S/C18H24N4O3S/c1-12-9-15(16(25-2)10-19-12)18-20-17(13-5-3-4-6-13)21-22(18)14-7-8-26(23,24)11-14/h9-10,13-14H,3-8,11H2,1-2H3. The molecule has 0 N–H and O–H groups in total. The van der Waals surface area contributed by atoms with Gasteiger partial charge in [0.15, 0.2) is 21.5 Å². The lowest BCUT2D eigenvalue weighted by Gasteiger charge is -2.14. The summed E-state index contributed by atoms with van der Waals surface area (Å²) in [7, 11) is -1.40. The fraction of sp³-hybridized carbons (Fsp3) is 0.611. The lowest BCUT2D eigenvalue weighted by molar-refractivity contribution is 0.413. The van der Waals surface area contributed by atoms with E-state index >= 15 is 0 Å². The molecule has 0 aromatic carbocycles. The van der Waals surface area contributed by atoms with Crippen molar-refractivity contribution in [1.29, 1.82) is 0 Å². The summed E-state index contributed by atoms with van der Waals surface area (Å²) in [6, 6.07) is 1.76. The van der Waals surface area contributed by atoms with E-state index in [2.05, 4.69) is 4.98 Å². The quantitative estimate of drug-likeness (QED) is 0.815. The second-order valence-electron chi connectivity index (χ2n) is 7.30. The molecule has 2 aromatic rings. The van der Waals surface area contributed by atoms with E-state index in [1.165, 1.54) is 12.8 Å². The average molecular weight is 376 g/mol. The Balaban J connectivity index is 1.83. The maximum atomic E-state index is 12.0. The van der Waals surface area contributed by atoms with E-state index in [0.29, 0.717) is 23.9 Å². The van der Waals surface area contributed by atoms with Crippen LogP contribution >= 0.6 is 0 Å². The molecule has 2 aliphatic rings. The molecular weight excluding hydrogens is 352 g/mol. The van der Waals surface area contributed by atoms with Gasteiger partial charge in [0.1, 0.15) is 5.75 Å². The Bertz CT molecular complexity index is 917. The molecule has 26 heavy (non-hydrogen) atoms. The highest BCUT2D eigenvalue weighted by Crippen LogP contribution is 2.37. The van der Waals surface area contributed by atoms with Gasteiger partial charge in [-0.15, -0.1) is 0 Å². The first-order chi connectivity index (χ1) is 12.5. The highest BCUT2D eigenvalue weighted by molar-refractivity contribution is 7.91. The fourth-order valence-corrected chi connectivity index (χ4v) is 5.68. The van der Waals surface area contributed by atoms with Gasteiger partial charge in [-0.3, -0.25) is 4.98 Å². The average Bonchev–Trinajstić information content (AvgIpc) is 3.33. The lowest BCUT2D eigenvalue weighted by Crippen LogP contribution is -2.14. The summed E-state index contributed by atoms with van der Waals surface area (Å²) in [5.74, 6) is 2.85. The van der Waals surface area contributed by atoms with E-state index in [1.807, 2.05) is 17.7 Å². The third-order valence-corrected chi connectivity index (χ3v) is 7.14. The van der Waals surface area contributed by atoms with Gasteiger partial charge in [-0.1, -0.05) is 12.8 Å². The summed E-state index contributed by atoms with van der Waals surface area (Å²) in [5, 5.41) is 4.79. The van der Waals surface area contributed by atoms with Crippen molar-refractivity contribution in [1.82, 2.24) is 19.7 Å². The Morgan fingerprint density at radius 1 is 1.23 bits per heavy atom. The predicted molar refractivity (Wildman–Crippen MR) is 98.1 cm³/mol. The zero-order chi connectivity index (χ0) is 18.3. The molecule has 1 aliphatic carbocycles. The van der Waals surface area contributed by atoms with Crippen molar-refractivity contribution in [3.8, 4) is 17.1 Å². The number of aryl methyl sites for hydroxylation is 1. The van der Waals surface area contributed by atoms with Gasteiger partial charge in [-0.25, -0.2) is 18.1 Å². The second kappa shape index (κ2) is 6.64. The molecule has 1 saturated heterocycles. The minimum absolute atomic E-state index is 0.125.